The Morgan fingerprint density at radius 3 is 2.82 bits per heavy atom. The van der Waals surface area contributed by atoms with Crippen LogP contribution in [0.3, 0.4) is 0 Å². The SMILES string of the molecule is CCOC(=O)C1=C(C)N=c2s/c(=C/c3ccc(N4CCCCC4)o3)c(=O)n2[C@H]1c1cccs1. The first-order valence-electron chi connectivity index (χ1n) is 11.1. The number of carbonyl (C=O) groups excluding carboxylic acids is 1. The van der Waals surface area contributed by atoms with Gasteiger partial charge in [-0.25, -0.2) is 9.79 Å². The number of anilines is 1. The Bertz CT molecular complexity index is 1370. The van der Waals surface area contributed by atoms with E-state index in [1.54, 1.807) is 24.5 Å². The Kier molecular flexibility index (Phi) is 6.07. The second kappa shape index (κ2) is 9.15. The summed E-state index contributed by atoms with van der Waals surface area (Å²) in [7, 11) is 0. The molecule has 0 aliphatic carbocycles. The van der Waals surface area contributed by atoms with Crippen LogP contribution in [-0.4, -0.2) is 30.2 Å². The van der Waals surface area contributed by atoms with E-state index in [4.69, 9.17) is 9.15 Å². The van der Waals surface area contributed by atoms with E-state index in [1.165, 1.54) is 41.9 Å². The number of piperidine rings is 1. The molecule has 3 aromatic rings. The van der Waals surface area contributed by atoms with Gasteiger partial charge in [0.05, 0.1) is 22.4 Å². The first kappa shape index (κ1) is 21.9. The summed E-state index contributed by atoms with van der Waals surface area (Å²) in [4.78, 5) is 34.6. The lowest BCUT2D eigenvalue weighted by Gasteiger charge is -2.25. The number of hydrogen-bond donors (Lipinski definition) is 0. The normalized spacial score (nSPS) is 18.9. The van der Waals surface area contributed by atoms with Gasteiger partial charge in [0.25, 0.3) is 5.56 Å². The molecule has 0 amide bonds. The summed E-state index contributed by atoms with van der Waals surface area (Å²) >= 11 is 2.81. The summed E-state index contributed by atoms with van der Waals surface area (Å²) in [6.07, 6.45) is 5.36. The van der Waals surface area contributed by atoms with Crippen molar-refractivity contribution in [3.05, 3.63) is 71.2 Å². The molecule has 1 fully saturated rings. The van der Waals surface area contributed by atoms with Crippen molar-refractivity contribution in [2.45, 2.75) is 39.2 Å². The van der Waals surface area contributed by atoms with Crippen LogP contribution < -0.4 is 19.8 Å². The van der Waals surface area contributed by atoms with Gasteiger partial charge in [0.15, 0.2) is 10.7 Å². The molecule has 0 spiro atoms. The van der Waals surface area contributed by atoms with Gasteiger partial charge in [-0.15, -0.1) is 11.3 Å². The van der Waals surface area contributed by atoms with Crippen molar-refractivity contribution in [2.24, 2.45) is 4.99 Å². The number of ether oxygens (including phenoxy) is 1. The van der Waals surface area contributed by atoms with Gasteiger partial charge in [-0.2, -0.15) is 0 Å². The molecule has 0 saturated carbocycles. The van der Waals surface area contributed by atoms with Crippen LogP contribution in [0, 0.1) is 0 Å². The van der Waals surface area contributed by atoms with Crippen LogP contribution in [0.15, 0.2) is 55.1 Å². The monoisotopic (exact) mass is 483 g/mol. The lowest BCUT2D eigenvalue weighted by Crippen LogP contribution is -2.39. The fraction of sp³-hybridized carbons (Fsp3) is 0.375. The summed E-state index contributed by atoms with van der Waals surface area (Å²) < 4.78 is 13.5. The van der Waals surface area contributed by atoms with E-state index in [1.807, 2.05) is 29.6 Å². The van der Waals surface area contributed by atoms with Gasteiger partial charge < -0.3 is 14.1 Å². The second-order valence-corrected chi connectivity index (χ2v) is 10.0. The molecule has 5 rings (SSSR count). The van der Waals surface area contributed by atoms with E-state index in [2.05, 4.69) is 9.89 Å². The van der Waals surface area contributed by atoms with E-state index in [9.17, 15) is 9.59 Å². The molecule has 5 heterocycles. The van der Waals surface area contributed by atoms with Crippen LogP contribution in [0.4, 0.5) is 5.88 Å². The minimum Gasteiger partial charge on any atom is -0.463 e. The molecule has 33 heavy (non-hydrogen) atoms. The lowest BCUT2D eigenvalue weighted by molar-refractivity contribution is -0.139. The maximum Gasteiger partial charge on any atom is 0.338 e. The number of rotatable bonds is 5. The number of thiazole rings is 1. The largest absolute Gasteiger partial charge is 0.463 e. The summed E-state index contributed by atoms with van der Waals surface area (Å²) in [5.74, 6) is 1.03. The predicted molar refractivity (Wildman–Crippen MR) is 129 cm³/mol. The van der Waals surface area contributed by atoms with E-state index in [0.29, 0.717) is 26.4 Å². The van der Waals surface area contributed by atoms with Crippen LogP contribution in [0.25, 0.3) is 6.08 Å². The number of hydrogen-bond acceptors (Lipinski definition) is 8. The number of carbonyl (C=O) groups is 1. The van der Waals surface area contributed by atoms with Gasteiger partial charge in [0.1, 0.15) is 11.8 Å². The van der Waals surface area contributed by atoms with Crippen molar-refractivity contribution in [1.29, 1.82) is 0 Å². The zero-order chi connectivity index (χ0) is 22.9. The standard InChI is InChI=1S/C24H25N3O4S2/c1-3-30-23(29)20-15(2)25-24-27(21(20)17-8-7-13-32-17)22(28)18(33-24)14-16-9-10-19(31-16)26-11-5-4-6-12-26/h7-10,13-14,21H,3-6,11-12H2,1-2H3/b18-14+/t21-/m0/s1. The van der Waals surface area contributed by atoms with E-state index < -0.39 is 12.0 Å². The lowest BCUT2D eigenvalue weighted by atomic mass is 10.0. The summed E-state index contributed by atoms with van der Waals surface area (Å²) in [5, 5.41) is 1.94. The van der Waals surface area contributed by atoms with Crippen molar-refractivity contribution in [1.82, 2.24) is 4.57 Å². The number of nitrogens with zero attached hydrogens (tertiary/aromatic N) is 3. The number of esters is 1. The summed E-state index contributed by atoms with van der Waals surface area (Å²) in [5.41, 5.74) is 0.788. The third kappa shape index (κ3) is 4.11. The molecule has 2 aliphatic rings. The predicted octanol–water partition coefficient (Wildman–Crippen LogP) is 3.44. The number of fused-ring (bicyclic) bond motifs is 1. The smallest absolute Gasteiger partial charge is 0.338 e. The van der Waals surface area contributed by atoms with Crippen molar-refractivity contribution in [2.75, 3.05) is 24.6 Å². The molecule has 0 radical (unpaired) electrons. The molecular weight excluding hydrogens is 458 g/mol. The number of aromatic nitrogens is 1. The molecule has 172 valence electrons. The zero-order valence-electron chi connectivity index (χ0n) is 18.6. The fourth-order valence-corrected chi connectivity index (χ4v) is 6.19. The second-order valence-electron chi connectivity index (χ2n) is 8.04. The first-order valence-corrected chi connectivity index (χ1v) is 12.8. The molecule has 0 N–H and O–H groups in total. The molecule has 7 nitrogen and oxygen atoms in total. The Morgan fingerprint density at radius 2 is 2.09 bits per heavy atom. The van der Waals surface area contributed by atoms with Gasteiger partial charge in [0.2, 0.25) is 0 Å². The molecule has 2 aliphatic heterocycles. The minimum atomic E-state index is -0.553. The highest BCUT2D eigenvalue weighted by molar-refractivity contribution is 7.10. The van der Waals surface area contributed by atoms with E-state index in [0.717, 1.165) is 23.9 Å². The van der Waals surface area contributed by atoms with Crippen molar-refractivity contribution < 1.29 is 13.9 Å². The average Bonchev–Trinajstić information content (AvgIpc) is 3.56. The van der Waals surface area contributed by atoms with Crippen LogP contribution in [0.1, 0.15) is 49.8 Å². The third-order valence-corrected chi connectivity index (χ3v) is 7.79. The van der Waals surface area contributed by atoms with Crippen molar-refractivity contribution >= 4 is 40.6 Å². The number of thiophene rings is 1. The Morgan fingerprint density at radius 1 is 1.27 bits per heavy atom. The highest BCUT2D eigenvalue weighted by Gasteiger charge is 2.33. The van der Waals surface area contributed by atoms with Gasteiger partial charge in [-0.1, -0.05) is 17.4 Å². The highest BCUT2D eigenvalue weighted by atomic mass is 32.1. The number of furan rings is 1. The average molecular weight is 484 g/mol. The summed E-state index contributed by atoms with van der Waals surface area (Å²) in [6.45, 7) is 5.80. The molecule has 9 heteroatoms. The molecule has 0 unspecified atom stereocenters. The molecule has 0 aromatic carbocycles. The Labute approximate surface area is 198 Å². The summed E-state index contributed by atoms with van der Waals surface area (Å²) in [6, 6.07) is 7.16. The minimum absolute atomic E-state index is 0.192. The van der Waals surface area contributed by atoms with Crippen molar-refractivity contribution in [3.63, 3.8) is 0 Å². The number of allylic oxidation sites excluding steroid dienone is 1. The van der Waals surface area contributed by atoms with Gasteiger partial charge in [-0.05, 0) is 50.6 Å². The van der Waals surface area contributed by atoms with E-state index >= 15 is 0 Å². The molecule has 3 aromatic heterocycles. The maximum atomic E-state index is 13.5. The van der Waals surface area contributed by atoms with Crippen molar-refractivity contribution in [3.8, 4) is 0 Å². The van der Waals surface area contributed by atoms with Crippen LogP contribution in [0.2, 0.25) is 0 Å². The van der Waals surface area contributed by atoms with E-state index in [-0.39, 0.29) is 12.2 Å². The molecule has 1 saturated heterocycles. The van der Waals surface area contributed by atoms with Crippen LogP contribution in [0.5, 0.6) is 0 Å². The topological polar surface area (TPSA) is 77.0 Å². The van der Waals surface area contributed by atoms with Gasteiger partial charge in [-0.3, -0.25) is 9.36 Å². The molecule has 0 bridgehead atoms. The first-order chi connectivity index (χ1) is 16.1. The molecular formula is C24H25N3O4S2. The maximum absolute atomic E-state index is 13.5. The molecule has 1 atom stereocenters. The Balaban J connectivity index is 1.58. The van der Waals surface area contributed by atoms with Crippen LogP contribution in [-0.2, 0) is 9.53 Å². The van der Waals surface area contributed by atoms with Crippen LogP contribution >= 0.6 is 22.7 Å². The van der Waals surface area contributed by atoms with Gasteiger partial charge >= 0.3 is 5.97 Å². The quantitative estimate of drug-likeness (QED) is 0.520. The highest BCUT2D eigenvalue weighted by Crippen LogP contribution is 2.33. The zero-order valence-corrected chi connectivity index (χ0v) is 20.2. The Hall–Kier alpha value is -2.91. The third-order valence-electron chi connectivity index (χ3n) is 5.88. The van der Waals surface area contributed by atoms with Gasteiger partial charge in [0, 0.05) is 30.1 Å². The fourth-order valence-electron chi connectivity index (χ4n) is 4.34.